The molecule has 0 unspecified atom stereocenters. The Hall–Kier alpha value is -4.52. The highest BCUT2D eigenvalue weighted by molar-refractivity contribution is 7.90. The molecule has 0 saturated heterocycles. The number of aromatic nitrogens is 2. The molecule has 0 spiro atoms. The van der Waals surface area contributed by atoms with E-state index in [4.69, 9.17) is 5.73 Å². The summed E-state index contributed by atoms with van der Waals surface area (Å²) in [6.45, 7) is 0. The number of sulfone groups is 1. The normalized spacial score (nSPS) is 11.7. The molecule has 4 aromatic rings. The quantitative estimate of drug-likeness (QED) is 0.217. The van der Waals surface area contributed by atoms with Crippen LogP contribution < -0.4 is 16.4 Å². The first-order valence-electron chi connectivity index (χ1n) is 10.9. The third-order valence-corrected chi connectivity index (χ3v) is 6.85. The van der Waals surface area contributed by atoms with Crippen molar-refractivity contribution < 1.29 is 30.8 Å². The first kappa shape index (κ1) is 26.5. The maximum Gasteiger partial charge on any atom is 0.416 e. The summed E-state index contributed by atoms with van der Waals surface area (Å²) in [6, 6.07) is 15.3. The van der Waals surface area contributed by atoms with Gasteiger partial charge in [0.15, 0.2) is 15.7 Å². The number of halogens is 4. The van der Waals surface area contributed by atoms with E-state index in [2.05, 4.69) is 20.6 Å². The standard InChI is InChI=1S/C25H19F4N5O3S/c26-17-5-11-21(12-6-17)38(36,37)14-20-13-22(30)34-23(31-20)15-1-7-18(8-2-15)32-24(35)33-19-9-3-16(4-10-19)25(27,28)29/h1-13H,14H2,(H2,30,31,34)(H2,32,33,35). The second-order valence-electron chi connectivity index (χ2n) is 8.05. The minimum Gasteiger partial charge on any atom is -0.384 e. The van der Waals surface area contributed by atoms with Crippen LogP contribution in [0.5, 0.6) is 0 Å². The van der Waals surface area contributed by atoms with E-state index in [1.54, 1.807) is 12.1 Å². The summed E-state index contributed by atoms with van der Waals surface area (Å²) in [4.78, 5) is 20.6. The number of hydrogen-bond donors (Lipinski definition) is 3. The smallest absolute Gasteiger partial charge is 0.384 e. The van der Waals surface area contributed by atoms with Crippen molar-refractivity contribution in [2.24, 2.45) is 0 Å². The van der Waals surface area contributed by atoms with Gasteiger partial charge in [-0.3, -0.25) is 0 Å². The Bertz CT molecular complexity index is 1560. The number of nitrogens with two attached hydrogens (primary N) is 1. The molecule has 3 aromatic carbocycles. The average molecular weight is 546 g/mol. The lowest BCUT2D eigenvalue weighted by Gasteiger charge is -2.10. The third kappa shape index (κ3) is 6.62. The summed E-state index contributed by atoms with van der Waals surface area (Å²) >= 11 is 0. The molecule has 2 amide bonds. The van der Waals surface area contributed by atoms with Crippen LogP contribution in [0.4, 0.5) is 39.5 Å². The van der Waals surface area contributed by atoms with Crippen LogP contribution in [0.1, 0.15) is 11.3 Å². The van der Waals surface area contributed by atoms with Gasteiger partial charge in [0.05, 0.1) is 21.9 Å². The van der Waals surface area contributed by atoms with E-state index in [0.717, 1.165) is 48.5 Å². The van der Waals surface area contributed by atoms with Gasteiger partial charge in [-0.15, -0.1) is 0 Å². The monoisotopic (exact) mass is 545 g/mol. The molecule has 0 fully saturated rings. The number of rotatable bonds is 6. The van der Waals surface area contributed by atoms with E-state index < -0.39 is 39.2 Å². The van der Waals surface area contributed by atoms with Crippen molar-refractivity contribution >= 4 is 33.1 Å². The lowest BCUT2D eigenvalue weighted by atomic mass is 10.2. The number of nitrogens with zero attached hydrogens (tertiary/aromatic N) is 2. The minimum absolute atomic E-state index is 0.0393. The largest absolute Gasteiger partial charge is 0.416 e. The summed E-state index contributed by atoms with van der Waals surface area (Å²) in [5, 5.41) is 4.98. The first-order chi connectivity index (χ1) is 17.9. The molecule has 4 N–H and O–H groups in total. The highest BCUT2D eigenvalue weighted by Gasteiger charge is 2.30. The number of carbonyl (C=O) groups is 1. The Morgan fingerprint density at radius 2 is 1.39 bits per heavy atom. The number of alkyl halides is 3. The molecule has 0 atom stereocenters. The van der Waals surface area contributed by atoms with E-state index in [-0.39, 0.29) is 27.9 Å². The Balaban J connectivity index is 1.44. The van der Waals surface area contributed by atoms with E-state index in [1.165, 1.54) is 18.2 Å². The van der Waals surface area contributed by atoms with Gasteiger partial charge in [0.1, 0.15) is 11.6 Å². The summed E-state index contributed by atoms with van der Waals surface area (Å²) in [5.74, 6) is -0.859. The molecule has 0 saturated carbocycles. The summed E-state index contributed by atoms with van der Waals surface area (Å²) in [7, 11) is -3.82. The van der Waals surface area contributed by atoms with Crippen LogP contribution in [0.15, 0.2) is 83.8 Å². The van der Waals surface area contributed by atoms with Gasteiger partial charge < -0.3 is 16.4 Å². The second kappa shape index (κ2) is 10.5. The van der Waals surface area contributed by atoms with E-state index >= 15 is 0 Å². The zero-order valence-corrected chi connectivity index (χ0v) is 20.1. The number of hydrogen-bond acceptors (Lipinski definition) is 6. The van der Waals surface area contributed by atoms with Crippen molar-refractivity contribution in [2.75, 3.05) is 16.4 Å². The maximum absolute atomic E-state index is 13.1. The van der Waals surface area contributed by atoms with Crippen LogP contribution in [-0.2, 0) is 21.8 Å². The predicted octanol–water partition coefficient (Wildman–Crippen LogP) is 5.50. The van der Waals surface area contributed by atoms with Crippen LogP contribution in [0.25, 0.3) is 11.4 Å². The summed E-state index contributed by atoms with van der Waals surface area (Å²) < 4.78 is 76.5. The lowest BCUT2D eigenvalue weighted by molar-refractivity contribution is -0.137. The van der Waals surface area contributed by atoms with Gasteiger partial charge in [-0.05, 0) is 72.8 Å². The Labute approximate surface area is 214 Å². The number of urea groups is 1. The lowest BCUT2D eigenvalue weighted by Crippen LogP contribution is -2.19. The zero-order valence-electron chi connectivity index (χ0n) is 19.3. The van der Waals surface area contributed by atoms with Crippen molar-refractivity contribution in [3.63, 3.8) is 0 Å². The summed E-state index contributed by atoms with van der Waals surface area (Å²) in [5.41, 5.74) is 6.16. The Kier molecular flexibility index (Phi) is 7.30. The van der Waals surface area contributed by atoms with E-state index in [0.29, 0.717) is 11.3 Å². The predicted molar refractivity (Wildman–Crippen MR) is 133 cm³/mol. The Morgan fingerprint density at radius 3 is 1.95 bits per heavy atom. The molecule has 1 aromatic heterocycles. The maximum atomic E-state index is 13.1. The van der Waals surface area contributed by atoms with Crippen LogP contribution in [0, 0.1) is 5.82 Å². The molecule has 38 heavy (non-hydrogen) atoms. The molecule has 0 aliphatic carbocycles. The molecular weight excluding hydrogens is 526 g/mol. The molecular formula is C25H19F4N5O3S. The third-order valence-electron chi connectivity index (χ3n) is 5.18. The molecule has 0 aliphatic rings. The topological polar surface area (TPSA) is 127 Å². The van der Waals surface area contributed by atoms with Crippen molar-refractivity contribution in [3.05, 3.63) is 95.9 Å². The van der Waals surface area contributed by atoms with Gasteiger partial charge >= 0.3 is 12.2 Å². The number of nitrogens with one attached hydrogen (secondary N) is 2. The van der Waals surface area contributed by atoms with Crippen molar-refractivity contribution in [1.29, 1.82) is 0 Å². The number of carbonyl (C=O) groups excluding carboxylic acids is 1. The van der Waals surface area contributed by atoms with E-state index in [1.807, 2.05) is 0 Å². The van der Waals surface area contributed by atoms with Crippen LogP contribution >= 0.6 is 0 Å². The van der Waals surface area contributed by atoms with Crippen LogP contribution in [0.3, 0.4) is 0 Å². The number of benzene rings is 3. The highest BCUT2D eigenvalue weighted by Crippen LogP contribution is 2.30. The first-order valence-corrected chi connectivity index (χ1v) is 12.5. The second-order valence-corrected chi connectivity index (χ2v) is 10.0. The van der Waals surface area contributed by atoms with Crippen LogP contribution in [-0.4, -0.2) is 24.4 Å². The molecule has 0 radical (unpaired) electrons. The zero-order chi connectivity index (χ0) is 27.5. The molecule has 0 bridgehead atoms. The van der Waals surface area contributed by atoms with Gasteiger partial charge in [-0.2, -0.15) is 13.2 Å². The fourth-order valence-electron chi connectivity index (χ4n) is 3.38. The number of amides is 2. The fourth-order valence-corrected chi connectivity index (χ4v) is 4.63. The molecule has 196 valence electrons. The van der Waals surface area contributed by atoms with Crippen molar-refractivity contribution in [1.82, 2.24) is 9.97 Å². The Morgan fingerprint density at radius 1 is 0.842 bits per heavy atom. The van der Waals surface area contributed by atoms with Gasteiger partial charge in [0, 0.05) is 23.0 Å². The average Bonchev–Trinajstić information content (AvgIpc) is 2.84. The highest BCUT2D eigenvalue weighted by atomic mass is 32.2. The molecule has 8 nitrogen and oxygen atoms in total. The number of nitrogen functional groups attached to an aromatic ring is 1. The minimum atomic E-state index is -4.48. The molecule has 0 aliphatic heterocycles. The van der Waals surface area contributed by atoms with Gasteiger partial charge in [-0.25, -0.2) is 27.6 Å². The molecule has 4 rings (SSSR count). The van der Waals surface area contributed by atoms with E-state index in [9.17, 15) is 30.8 Å². The number of anilines is 3. The molecule has 13 heteroatoms. The van der Waals surface area contributed by atoms with Gasteiger partial charge in [0.25, 0.3) is 0 Å². The van der Waals surface area contributed by atoms with Crippen LogP contribution in [0.2, 0.25) is 0 Å². The van der Waals surface area contributed by atoms with Crippen molar-refractivity contribution in [2.45, 2.75) is 16.8 Å². The summed E-state index contributed by atoms with van der Waals surface area (Å²) in [6.07, 6.45) is -4.48. The fraction of sp³-hybridized carbons (Fsp3) is 0.0800. The van der Waals surface area contributed by atoms with Gasteiger partial charge in [-0.1, -0.05) is 0 Å². The van der Waals surface area contributed by atoms with Gasteiger partial charge in [0.2, 0.25) is 0 Å². The van der Waals surface area contributed by atoms with Crippen molar-refractivity contribution in [3.8, 4) is 11.4 Å². The SMILES string of the molecule is Nc1cc(CS(=O)(=O)c2ccc(F)cc2)nc(-c2ccc(NC(=O)Nc3ccc(C(F)(F)F)cc3)cc2)n1. The molecule has 1 heterocycles.